The number of anilines is 1. The number of fused-ring (bicyclic) bond motifs is 1. The van der Waals surface area contributed by atoms with E-state index in [0.29, 0.717) is 16.7 Å². The summed E-state index contributed by atoms with van der Waals surface area (Å²) < 4.78 is 3.10. The Morgan fingerprint density at radius 2 is 2.00 bits per heavy atom. The SMILES string of the molecule is CN(C(=O)c1cc(C2CC2)n(C(C)(C)C)n1)c1nc2ccccc2s1. The lowest BCUT2D eigenvalue weighted by Gasteiger charge is -2.22. The molecule has 6 heteroatoms. The molecule has 1 aromatic carbocycles. The minimum atomic E-state index is -0.134. The lowest BCUT2D eigenvalue weighted by atomic mass is 10.1. The summed E-state index contributed by atoms with van der Waals surface area (Å²) in [7, 11) is 1.77. The zero-order chi connectivity index (χ0) is 17.8. The Morgan fingerprint density at radius 1 is 1.28 bits per heavy atom. The van der Waals surface area contributed by atoms with Gasteiger partial charge < -0.3 is 0 Å². The van der Waals surface area contributed by atoms with Crippen molar-refractivity contribution in [3.05, 3.63) is 41.7 Å². The maximum atomic E-state index is 13.0. The third kappa shape index (κ3) is 2.95. The highest BCUT2D eigenvalue weighted by Crippen LogP contribution is 2.42. The van der Waals surface area contributed by atoms with Crippen LogP contribution in [0.15, 0.2) is 30.3 Å². The topological polar surface area (TPSA) is 51.0 Å². The van der Waals surface area contributed by atoms with E-state index in [1.165, 1.54) is 29.9 Å². The third-order valence-electron chi connectivity index (χ3n) is 4.46. The zero-order valence-corrected chi connectivity index (χ0v) is 15.8. The fraction of sp³-hybridized carbons (Fsp3) is 0.421. The maximum Gasteiger partial charge on any atom is 0.280 e. The largest absolute Gasteiger partial charge is 0.286 e. The second-order valence-electron chi connectivity index (χ2n) is 7.64. The van der Waals surface area contributed by atoms with Crippen LogP contribution in [-0.4, -0.2) is 27.7 Å². The fourth-order valence-electron chi connectivity index (χ4n) is 2.97. The molecule has 1 aliphatic carbocycles. The van der Waals surface area contributed by atoms with Crippen LogP contribution in [0.2, 0.25) is 0 Å². The van der Waals surface area contributed by atoms with E-state index in [1.807, 2.05) is 35.0 Å². The van der Waals surface area contributed by atoms with Crippen LogP contribution in [-0.2, 0) is 5.54 Å². The molecule has 2 heterocycles. The Hall–Kier alpha value is -2.21. The van der Waals surface area contributed by atoms with Crippen molar-refractivity contribution >= 4 is 32.6 Å². The zero-order valence-electron chi connectivity index (χ0n) is 15.0. The number of benzene rings is 1. The first-order valence-electron chi connectivity index (χ1n) is 8.58. The molecule has 25 heavy (non-hydrogen) atoms. The number of carbonyl (C=O) groups is 1. The van der Waals surface area contributed by atoms with Crippen molar-refractivity contribution in [1.29, 1.82) is 0 Å². The van der Waals surface area contributed by atoms with Crippen LogP contribution < -0.4 is 4.90 Å². The number of thiazole rings is 1. The van der Waals surface area contributed by atoms with E-state index in [1.54, 1.807) is 11.9 Å². The number of amides is 1. The summed E-state index contributed by atoms with van der Waals surface area (Å²) in [5.74, 6) is 0.435. The molecule has 4 rings (SSSR count). The van der Waals surface area contributed by atoms with Crippen LogP contribution in [0.25, 0.3) is 10.2 Å². The quantitative estimate of drug-likeness (QED) is 0.700. The van der Waals surface area contributed by atoms with Gasteiger partial charge in [-0.1, -0.05) is 23.5 Å². The fourth-order valence-corrected chi connectivity index (χ4v) is 3.89. The Balaban J connectivity index is 1.68. The van der Waals surface area contributed by atoms with E-state index in [2.05, 4.69) is 30.9 Å². The summed E-state index contributed by atoms with van der Waals surface area (Å²) in [6.45, 7) is 6.37. The molecule has 3 aromatic rings. The molecule has 0 spiro atoms. The van der Waals surface area contributed by atoms with Gasteiger partial charge in [0, 0.05) is 18.7 Å². The summed E-state index contributed by atoms with van der Waals surface area (Å²) in [5.41, 5.74) is 2.46. The van der Waals surface area contributed by atoms with E-state index >= 15 is 0 Å². The van der Waals surface area contributed by atoms with Crippen LogP contribution in [0.5, 0.6) is 0 Å². The number of aromatic nitrogens is 3. The molecule has 0 unspecified atom stereocenters. The smallest absolute Gasteiger partial charge is 0.280 e. The van der Waals surface area contributed by atoms with Crippen molar-refractivity contribution in [3.63, 3.8) is 0 Å². The number of hydrogen-bond donors (Lipinski definition) is 0. The highest BCUT2D eigenvalue weighted by molar-refractivity contribution is 7.22. The lowest BCUT2D eigenvalue weighted by molar-refractivity contribution is 0.0986. The molecule has 5 nitrogen and oxygen atoms in total. The highest BCUT2D eigenvalue weighted by atomic mass is 32.1. The Kier molecular flexibility index (Phi) is 3.68. The van der Waals surface area contributed by atoms with Gasteiger partial charge in [-0.3, -0.25) is 14.4 Å². The molecule has 1 amide bonds. The van der Waals surface area contributed by atoms with Gasteiger partial charge >= 0.3 is 0 Å². The summed E-state index contributed by atoms with van der Waals surface area (Å²) in [6.07, 6.45) is 2.37. The molecule has 0 atom stereocenters. The number of carbonyl (C=O) groups excluding carboxylic acids is 1. The van der Waals surface area contributed by atoms with Gasteiger partial charge in [-0.2, -0.15) is 5.10 Å². The van der Waals surface area contributed by atoms with Crippen LogP contribution in [0.3, 0.4) is 0 Å². The van der Waals surface area contributed by atoms with E-state index < -0.39 is 0 Å². The Labute approximate surface area is 151 Å². The second-order valence-corrected chi connectivity index (χ2v) is 8.65. The highest BCUT2D eigenvalue weighted by Gasteiger charge is 2.33. The van der Waals surface area contributed by atoms with Crippen molar-refractivity contribution in [2.45, 2.75) is 45.1 Å². The standard InChI is InChI=1S/C19H22N4OS/c1-19(2,3)23-15(12-9-10-12)11-14(21-23)17(24)22(4)18-20-13-7-5-6-8-16(13)25-18/h5-8,11-12H,9-10H2,1-4H3. The molecule has 1 aliphatic rings. The molecule has 0 bridgehead atoms. The number of hydrogen-bond acceptors (Lipinski definition) is 4. The first-order valence-corrected chi connectivity index (χ1v) is 9.40. The average Bonchev–Trinajstić information content (AvgIpc) is 3.16. The molecule has 1 fully saturated rings. The van der Waals surface area contributed by atoms with E-state index in [4.69, 9.17) is 0 Å². The number of para-hydroxylation sites is 1. The van der Waals surface area contributed by atoms with Gasteiger partial charge in [0.2, 0.25) is 0 Å². The molecule has 0 N–H and O–H groups in total. The first-order chi connectivity index (χ1) is 11.8. The van der Waals surface area contributed by atoms with Crippen molar-refractivity contribution in [1.82, 2.24) is 14.8 Å². The summed E-state index contributed by atoms with van der Waals surface area (Å²) in [4.78, 5) is 19.2. The van der Waals surface area contributed by atoms with Crippen molar-refractivity contribution in [2.75, 3.05) is 11.9 Å². The second kappa shape index (κ2) is 5.66. The van der Waals surface area contributed by atoms with Gasteiger partial charge in [0.15, 0.2) is 10.8 Å². The minimum Gasteiger partial charge on any atom is -0.286 e. The van der Waals surface area contributed by atoms with Gasteiger partial charge in [-0.05, 0) is 51.8 Å². The molecular weight excluding hydrogens is 332 g/mol. The monoisotopic (exact) mass is 354 g/mol. The molecule has 0 saturated heterocycles. The van der Waals surface area contributed by atoms with Crippen molar-refractivity contribution < 1.29 is 4.79 Å². The lowest BCUT2D eigenvalue weighted by Crippen LogP contribution is -2.28. The normalized spacial score (nSPS) is 14.9. The van der Waals surface area contributed by atoms with Crippen LogP contribution >= 0.6 is 11.3 Å². The van der Waals surface area contributed by atoms with Crippen LogP contribution in [0, 0.1) is 0 Å². The van der Waals surface area contributed by atoms with Gasteiger partial charge in [-0.15, -0.1) is 0 Å². The van der Waals surface area contributed by atoms with E-state index in [9.17, 15) is 4.79 Å². The van der Waals surface area contributed by atoms with Crippen LogP contribution in [0.4, 0.5) is 5.13 Å². The predicted molar refractivity (Wildman–Crippen MR) is 102 cm³/mol. The third-order valence-corrected chi connectivity index (χ3v) is 5.57. The minimum absolute atomic E-state index is 0.107. The molecule has 0 aliphatic heterocycles. The van der Waals surface area contributed by atoms with Gasteiger partial charge in [0.05, 0.1) is 15.8 Å². The molecule has 0 radical (unpaired) electrons. The number of nitrogens with zero attached hydrogens (tertiary/aromatic N) is 4. The predicted octanol–water partition coefficient (Wildman–Crippen LogP) is 4.40. The number of rotatable bonds is 3. The summed E-state index contributed by atoms with van der Waals surface area (Å²) in [5, 5.41) is 5.34. The van der Waals surface area contributed by atoms with Gasteiger partial charge in [-0.25, -0.2) is 4.98 Å². The van der Waals surface area contributed by atoms with Gasteiger partial charge in [0.1, 0.15) is 0 Å². The molecule has 130 valence electrons. The Bertz CT molecular complexity index is 913. The van der Waals surface area contributed by atoms with E-state index in [0.717, 1.165) is 10.2 Å². The average molecular weight is 354 g/mol. The Morgan fingerprint density at radius 3 is 2.64 bits per heavy atom. The van der Waals surface area contributed by atoms with Crippen molar-refractivity contribution in [2.24, 2.45) is 0 Å². The van der Waals surface area contributed by atoms with Gasteiger partial charge in [0.25, 0.3) is 5.91 Å². The van der Waals surface area contributed by atoms with Crippen LogP contribution in [0.1, 0.15) is 55.7 Å². The maximum absolute atomic E-state index is 13.0. The van der Waals surface area contributed by atoms with E-state index in [-0.39, 0.29) is 11.4 Å². The molecule has 2 aromatic heterocycles. The summed E-state index contributed by atoms with van der Waals surface area (Å²) in [6, 6.07) is 9.90. The first kappa shape index (κ1) is 16.3. The summed E-state index contributed by atoms with van der Waals surface area (Å²) >= 11 is 1.52. The van der Waals surface area contributed by atoms with Crippen molar-refractivity contribution in [3.8, 4) is 0 Å². The molecular formula is C19H22N4OS. The molecule has 1 saturated carbocycles.